The second-order valence-electron chi connectivity index (χ2n) is 4.16. The molecule has 1 N–H and O–H groups in total. The summed E-state index contributed by atoms with van der Waals surface area (Å²) < 4.78 is 1.86. The van der Waals surface area contributed by atoms with Gasteiger partial charge in [0.25, 0.3) is 0 Å². The van der Waals surface area contributed by atoms with E-state index in [4.69, 9.17) is 0 Å². The molecule has 4 nitrogen and oxygen atoms in total. The lowest BCUT2D eigenvalue weighted by atomic mass is 10.1. The Labute approximate surface area is 97.8 Å². The second-order valence-corrected chi connectivity index (χ2v) is 4.16. The van der Waals surface area contributed by atoms with Gasteiger partial charge in [0, 0.05) is 12.1 Å². The average molecular weight is 222 g/mol. The summed E-state index contributed by atoms with van der Waals surface area (Å²) >= 11 is 0. The van der Waals surface area contributed by atoms with Crippen molar-refractivity contribution < 1.29 is 0 Å². The summed E-state index contributed by atoms with van der Waals surface area (Å²) in [5, 5.41) is 7.70. The normalized spacial score (nSPS) is 14.6. The van der Waals surface area contributed by atoms with Gasteiger partial charge in [-0.2, -0.15) is 5.10 Å². The van der Waals surface area contributed by atoms with E-state index in [0.717, 1.165) is 25.8 Å². The van der Waals surface area contributed by atoms with Crippen LogP contribution < -0.4 is 5.32 Å². The summed E-state index contributed by atoms with van der Waals surface area (Å²) in [5.74, 6) is 0. The highest BCUT2D eigenvalue weighted by Crippen LogP contribution is 2.04. The van der Waals surface area contributed by atoms with E-state index in [2.05, 4.69) is 35.8 Å². The first kappa shape index (κ1) is 12.9. The van der Waals surface area contributed by atoms with Gasteiger partial charge >= 0.3 is 0 Å². The van der Waals surface area contributed by atoms with Crippen molar-refractivity contribution >= 4 is 0 Å². The molecule has 0 aromatic carbocycles. The molecule has 1 heterocycles. The fraction of sp³-hybridized carbons (Fsp3) is 0.667. The van der Waals surface area contributed by atoms with Gasteiger partial charge in [-0.25, -0.2) is 4.98 Å². The van der Waals surface area contributed by atoms with E-state index >= 15 is 0 Å². The molecule has 0 bridgehead atoms. The van der Waals surface area contributed by atoms with E-state index in [9.17, 15) is 0 Å². The summed E-state index contributed by atoms with van der Waals surface area (Å²) in [4.78, 5) is 3.93. The zero-order valence-corrected chi connectivity index (χ0v) is 10.3. The molecule has 0 aliphatic rings. The highest BCUT2D eigenvalue weighted by molar-refractivity contribution is 4.75. The van der Waals surface area contributed by atoms with E-state index in [1.54, 1.807) is 12.7 Å². The van der Waals surface area contributed by atoms with Crippen molar-refractivity contribution in [1.82, 2.24) is 20.1 Å². The molecule has 2 unspecified atom stereocenters. The summed E-state index contributed by atoms with van der Waals surface area (Å²) in [5.41, 5.74) is 0. The summed E-state index contributed by atoms with van der Waals surface area (Å²) in [6.45, 7) is 9.01. The molecular formula is C12H22N4. The fourth-order valence-corrected chi connectivity index (χ4v) is 1.79. The molecular weight excluding hydrogens is 200 g/mol. The van der Waals surface area contributed by atoms with Crippen LogP contribution in [0, 0.1) is 0 Å². The quantitative estimate of drug-likeness (QED) is 0.684. The van der Waals surface area contributed by atoms with Crippen LogP contribution in [0.5, 0.6) is 0 Å². The maximum absolute atomic E-state index is 4.10. The molecule has 0 radical (unpaired) electrons. The van der Waals surface area contributed by atoms with Crippen molar-refractivity contribution in [2.24, 2.45) is 0 Å². The van der Waals surface area contributed by atoms with E-state index in [0.29, 0.717) is 12.1 Å². The molecule has 0 aliphatic carbocycles. The monoisotopic (exact) mass is 222 g/mol. The van der Waals surface area contributed by atoms with Gasteiger partial charge in [0.15, 0.2) is 0 Å². The summed E-state index contributed by atoms with van der Waals surface area (Å²) in [6.07, 6.45) is 8.68. The van der Waals surface area contributed by atoms with Crippen molar-refractivity contribution in [2.75, 3.05) is 0 Å². The van der Waals surface area contributed by atoms with Crippen LogP contribution in [0.4, 0.5) is 0 Å². The van der Waals surface area contributed by atoms with Gasteiger partial charge in [0.05, 0.1) is 6.54 Å². The number of allylic oxidation sites excluding steroid dienone is 1. The topological polar surface area (TPSA) is 42.7 Å². The lowest BCUT2D eigenvalue weighted by Crippen LogP contribution is -2.38. The lowest BCUT2D eigenvalue weighted by molar-refractivity contribution is 0.374. The second kappa shape index (κ2) is 7.17. The number of aromatic nitrogens is 3. The Balaban J connectivity index is 2.30. The summed E-state index contributed by atoms with van der Waals surface area (Å²) in [6, 6.07) is 0.980. The third-order valence-electron chi connectivity index (χ3n) is 2.66. The number of nitrogens with zero attached hydrogens (tertiary/aromatic N) is 3. The van der Waals surface area contributed by atoms with Crippen molar-refractivity contribution in [1.29, 1.82) is 0 Å². The number of rotatable bonds is 8. The van der Waals surface area contributed by atoms with Gasteiger partial charge in [-0.15, -0.1) is 6.58 Å². The molecule has 0 amide bonds. The van der Waals surface area contributed by atoms with Gasteiger partial charge in [-0.1, -0.05) is 13.0 Å². The standard InChI is InChI=1S/C12H22N4/c1-4-6-7-12(5-2)15-11(3)8-16-10-13-9-14-16/h4,9-12,15H,1,5-8H2,2-3H3. The van der Waals surface area contributed by atoms with Crippen LogP contribution >= 0.6 is 0 Å². The Bertz CT molecular complexity index is 281. The molecule has 0 saturated carbocycles. The van der Waals surface area contributed by atoms with Gasteiger partial charge in [0.1, 0.15) is 12.7 Å². The van der Waals surface area contributed by atoms with Gasteiger partial charge in [-0.3, -0.25) is 4.68 Å². The lowest BCUT2D eigenvalue weighted by Gasteiger charge is -2.21. The fourth-order valence-electron chi connectivity index (χ4n) is 1.79. The van der Waals surface area contributed by atoms with E-state index in [1.165, 1.54) is 0 Å². The molecule has 0 fully saturated rings. The molecule has 0 saturated heterocycles. The van der Waals surface area contributed by atoms with Gasteiger partial charge in [-0.05, 0) is 26.2 Å². The van der Waals surface area contributed by atoms with Gasteiger partial charge < -0.3 is 5.32 Å². The number of hydrogen-bond donors (Lipinski definition) is 1. The van der Waals surface area contributed by atoms with Crippen LogP contribution in [0.15, 0.2) is 25.3 Å². The zero-order chi connectivity index (χ0) is 11.8. The Morgan fingerprint density at radius 3 is 2.94 bits per heavy atom. The van der Waals surface area contributed by atoms with Crippen molar-refractivity contribution in [2.45, 2.75) is 51.7 Å². The minimum Gasteiger partial charge on any atom is -0.310 e. The Morgan fingerprint density at radius 1 is 1.56 bits per heavy atom. The molecule has 2 atom stereocenters. The molecule has 1 rings (SSSR count). The summed E-state index contributed by atoms with van der Waals surface area (Å²) in [7, 11) is 0. The van der Waals surface area contributed by atoms with Crippen LogP contribution in [0.3, 0.4) is 0 Å². The van der Waals surface area contributed by atoms with Crippen molar-refractivity contribution in [3.8, 4) is 0 Å². The Kier molecular flexibility index (Phi) is 5.78. The third-order valence-corrected chi connectivity index (χ3v) is 2.66. The van der Waals surface area contributed by atoms with Gasteiger partial charge in [0.2, 0.25) is 0 Å². The number of nitrogens with one attached hydrogen (secondary N) is 1. The Morgan fingerprint density at radius 2 is 2.38 bits per heavy atom. The van der Waals surface area contributed by atoms with Crippen molar-refractivity contribution in [3.63, 3.8) is 0 Å². The first-order chi connectivity index (χ1) is 7.76. The maximum atomic E-state index is 4.10. The molecule has 16 heavy (non-hydrogen) atoms. The molecule has 0 spiro atoms. The first-order valence-corrected chi connectivity index (χ1v) is 5.95. The molecule has 1 aromatic rings. The van der Waals surface area contributed by atoms with Crippen LogP contribution in [-0.2, 0) is 6.54 Å². The Hall–Kier alpha value is -1.16. The highest BCUT2D eigenvalue weighted by atomic mass is 15.3. The van der Waals surface area contributed by atoms with Crippen molar-refractivity contribution in [3.05, 3.63) is 25.3 Å². The minimum atomic E-state index is 0.413. The third kappa shape index (κ3) is 4.57. The van der Waals surface area contributed by atoms with Crippen LogP contribution in [0.25, 0.3) is 0 Å². The number of hydrogen-bond acceptors (Lipinski definition) is 3. The maximum Gasteiger partial charge on any atom is 0.137 e. The highest BCUT2D eigenvalue weighted by Gasteiger charge is 2.09. The van der Waals surface area contributed by atoms with E-state index in [1.807, 2.05) is 10.8 Å². The molecule has 4 heteroatoms. The van der Waals surface area contributed by atoms with E-state index in [-0.39, 0.29) is 0 Å². The van der Waals surface area contributed by atoms with Crippen LogP contribution in [0.1, 0.15) is 33.1 Å². The zero-order valence-electron chi connectivity index (χ0n) is 10.3. The predicted molar refractivity (Wildman–Crippen MR) is 66.1 cm³/mol. The SMILES string of the molecule is C=CCCC(CC)NC(C)Cn1cncn1. The largest absolute Gasteiger partial charge is 0.310 e. The molecule has 0 aliphatic heterocycles. The van der Waals surface area contributed by atoms with Crippen LogP contribution in [0.2, 0.25) is 0 Å². The van der Waals surface area contributed by atoms with Crippen LogP contribution in [-0.4, -0.2) is 26.8 Å². The minimum absolute atomic E-state index is 0.413. The molecule has 1 aromatic heterocycles. The van der Waals surface area contributed by atoms with E-state index < -0.39 is 0 Å². The predicted octanol–water partition coefficient (Wildman–Crippen LogP) is 2.00. The molecule has 90 valence electrons. The first-order valence-electron chi connectivity index (χ1n) is 5.95. The smallest absolute Gasteiger partial charge is 0.137 e. The average Bonchev–Trinajstić information content (AvgIpc) is 2.76.